The SMILES string of the molecule is C=Cc1ccc2c3c1c(-c1nc4sc(/C=C/CC)cc4n1C)ccc3c(=C)n1c3cc(/C=C/CC)sc3nc21. The van der Waals surface area contributed by atoms with Crippen LogP contribution in [0.4, 0.5) is 0 Å². The van der Waals surface area contributed by atoms with Gasteiger partial charge in [-0.25, -0.2) is 9.97 Å². The van der Waals surface area contributed by atoms with Crippen LogP contribution in [0.3, 0.4) is 0 Å². The van der Waals surface area contributed by atoms with Gasteiger partial charge in [-0.15, -0.1) is 22.7 Å². The molecule has 0 spiro atoms. The third-order valence-electron chi connectivity index (χ3n) is 7.48. The van der Waals surface area contributed by atoms with Crippen molar-refractivity contribution in [3.8, 4) is 11.4 Å². The van der Waals surface area contributed by atoms with Crippen LogP contribution < -0.4 is 5.35 Å². The standard InChI is InChI=1S/C33H28N4S2/c1-6-9-11-21-17-26-32(38-21)34-30(36(26)5)24-16-15-23-19(4)37-27-18-22(12-10-7-2)39-33(27)35-31(37)25-14-13-20(8-3)28(24)29(23)25/h8-18H,3-4,6-7H2,1-2,5H3/b11-9+,12-10+. The van der Waals surface area contributed by atoms with Crippen LogP contribution in [0.25, 0.3) is 84.1 Å². The predicted octanol–water partition coefficient (Wildman–Crippen LogP) is 9.09. The van der Waals surface area contributed by atoms with Crippen LogP contribution in [-0.4, -0.2) is 18.9 Å². The molecule has 192 valence electrons. The third kappa shape index (κ3) is 3.48. The number of aromatic nitrogens is 4. The van der Waals surface area contributed by atoms with Gasteiger partial charge in [0.15, 0.2) is 0 Å². The molecule has 0 aliphatic rings. The van der Waals surface area contributed by atoms with E-state index in [1.54, 1.807) is 22.7 Å². The smallest absolute Gasteiger partial charge is 0.147 e. The number of allylic oxidation sites excluding steroid dienone is 2. The molecule has 7 aromatic rings. The van der Waals surface area contributed by atoms with Gasteiger partial charge >= 0.3 is 0 Å². The zero-order chi connectivity index (χ0) is 26.8. The summed E-state index contributed by atoms with van der Waals surface area (Å²) in [6.07, 6.45) is 12.7. The molecule has 6 heteroatoms. The van der Waals surface area contributed by atoms with Crippen LogP contribution >= 0.6 is 22.7 Å². The van der Waals surface area contributed by atoms with Crippen LogP contribution in [0, 0.1) is 0 Å². The highest BCUT2D eigenvalue weighted by Crippen LogP contribution is 2.40. The minimum Gasteiger partial charge on any atom is -0.326 e. The van der Waals surface area contributed by atoms with Crippen molar-refractivity contribution in [1.29, 1.82) is 0 Å². The van der Waals surface area contributed by atoms with E-state index in [0.717, 1.165) is 77.6 Å². The van der Waals surface area contributed by atoms with E-state index in [4.69, 9.17) is 9.97 Å². The quantitative estimate of drug-likeness (QED) is 0.209. The van der Waals surface area contributed by atoms with Crippen LogP contribution in [0.15, 0.2) is 55.1 Å². The fourth-order valence-electron chi connectivity index (χ4n) is 5.64. The summed E-state index contributed by atoms with van der Waals surface area (Å²) >= 11 is 3.46. The Kier molecular flexibility index (Phi) is 5.58. The molecule has 0 saturated heterocycles. The first-order valence-electron chi connectivity index (χ1n) is 13.3. The molecule has 39 heavy (non-hydrogen) atoms. The molecular formula is C33H28N4S2. The molecule has 0 aliphatic carbocycles. The molecule has 0 unspecified atom stereocenters. The Morgan fingerprint density at radius 3 is 2.18 bits per heavy atom. The largest absolute Gasteiger partial charge is 0.326 e. The molecule has 0 N–H and O–H groups in total. The zero-order valence-corrected chi connectivity index (χ0v) is 23.9. The molecule has 2 aromatic carbocycles. The minimum atomic E-state index is 0.950. The van der Waals surface area contributed by atoms with Gasteiger partial charge < -0.3 is 4.57 Å². The summed E-state index contributed by atoms with van der Waals surface area (Å²) in [5, 5.41) is 5.52. The Morgan fingerprint density at radius 1 is 0.846 bits per heavy atom. The maximum Gasteiger partial charge on any atom is 0.147 e. The van der Waals surface area contributed by atoms with E-state index in [-0.39, 0.29) is 0 Å². The van der Waals surface area contributed by atoms with E-state index in [9.17, 15) is 0 Å². The number of fused-ring (bicyclic) bond motifs is 5. The summed E-state index contributed by atoms with van der Waals surface area (Å²) in [4.78, 5) is 14.8. The lowest BCUT2D eigenvalue weighted by Gasteiger charge is -2.15. The van der Waals surface area contributed by atoms with E-state index in [2.05, 4.69) is 104 Å². The Hall–Kier alpha value is -4.00. The number of hydrogen-bond acceptors (Lipinski definition) is 4. The van der Waals surface area contributed by atoms with E-state index < -0.39 is 0 Å². The molecule has 4 nitrogen and oxygen atoms in total. The number of benzene rings is 2. The molecule has 0 amide bonds. The Bertz CT molecular complexity index is 2200. The second-order valence-corrected chi connectivity index (χ2v) is 12.0. The lowest BCUT2D eigenvalue weighted by molar-refractivity contribution is 0.961. The average molecular weight is 545 g/mol. The van der Waals surface area contributed by atoms with Gasteiger partial charge in [-0.3, -0.25) is 4.40 Å². The fraction of sp³-hybridized carbons (Fsp3) is 0.152. The lowest BCUT2D eigenvalue weighted by Crippen LogP contribution is -2.13. The van der Waals surface area contributed by atoms with Crippen LogP contribution in [-0.2, 0) is 7.05 Å². The minimum absolute atomic E-state index is 0.950. The van der Waals surface area contributed by atoms with E-state index in [1.807, 2.05) is 6.08 Å². The van der Waals surface area contributed by atoms with Gasteiger partial charge in [0.2, 0.25) is 0 Å². The monoisotopic (exact) mass is 544 g/mol. The molecule has 5 aromatic heterocycles. The first kappa shape index (κ1) is 24.1. The fourth-order valence-corrected chi connectivity index (χ4v) is 7.57. The van der Waals surface area contributed by atoms with Gasteiger partial charge in [-0.1, -0.05) is 57.4 Å². The van der Waals surface area contributed by atoms with Gasteiger partial charge in [0.1, 0.15) is 21.1 Å². The number of pyridine rings is 1. The average Bonchev–Trinajstić information content (AvgIpc) is 3.69. The maximum atomic E-state index is 5.13. The van der Waals surface area contributed by atoms with Gasteiger partial charge in [-0.05, 0) is 54.8 Å². The van der Waals surface area contributed by atoms with Crippen molar-refractivity contribution in [1.82, 2.24) is 18.9 Å². The number of rotatable bonds is 6. The molecule has 0 aliphatic heterocycles. The Balaban J connectivity index is 1.53. The molecule has 7 rings (SSSR count). The first-order valence-corrected chi connectivity index (χ1v) is 14.9. The van der Waals surface area contributed by atoms with Crippen molar-refractivity contribution in [3.05, 3.63) is 75.8 Å². The predicted molar refractivity (Wildman–Crippen MR) is 173 cm³/mol. The molecule has 5 heterocycles. The van der Waals surface area contributed by atoms with Crippen molar-refractivity contribution in [3.63, 3.8) is 0 Å². The normalized spacial score (nSPS) is 12.7. The van der Waals surface area contributed by atoms with E-state index in [0.29, 0.717) is 0 Å². The molecule has 0 saturated carbocycles. The highest BCUT2D eigenvalue weighted by Gasteiger charge is 2.21. The van der Waals surface area contributed by atoms with Crippen molar-refractivity contribution in [2.45, 2.75) is 26.7 Å². The Morgan fingerprint density at radius 2 is 1.51 bits per heavy atom. The van der Waals surface area contributed by atoms with Crippen LogP contribution in [0.2, 0.25) is 0 Å². The second kappa shape index (κ2) is 9.04. The summed E-state index contributed by atoms with van der Waals surface area (Å²) in [7, 11) is 2.11. The summed E-state index contributed by atoms with van der Waals surface area (Å²) in [5.41, 5.74) is 5.41. The van der Waals surface area contributed by atoms with E-state index in [1.165, 1.54) is 15.1 Å². The number of thiophene rings is 2. The number of aryl methyl sites for hydroxylation is 1. The summed E-state index contributed by atoms with van der Waals surface area (Å²) in [6, 6.07) is 13.2. The first-order chi connectivity index (χ1) is 19.0. The van der Waals surface area contributed by atoms with Crippen molar-refractivity contribution >= 4 is 95.4 Å². The number of imidazole rings is 2. The topological polar surface area (TPSA) is 35.1 Å². The third-order valence-corrected chi connectivity index (χ3v) is 9.45. The van der Waals surface area contributed by atoms with Gasteiger partial charge in [0.05, 0.1) is 11.0 Å². The highest BCUT2D eigenvalue weighted by atomic mass is 32.1. The van der Waals surface area contributed by atoms with Crippen molar-refractivity contribution < 1.29 is 0 Å². The van der Waals surface area contributed by atoms with Crippen LogP contribution in [0.1, 0.15) is 42.0 Å². The molecular weight excluding hydrogens is 517 g/mol. The summed E-state index contributed by atoms with van der Waals surface area (Å²) in [5.74, 6) is 0.960. The molecule has 0 fully saturated rings. The molecule has 0 atom stereocenters. The summed E-state index contributed by atoms with van der Waals surface area (Å²) < 4.78 is 4.44. The summed E-state index contributed by atoms with van der Waals surface area (Å²) in [6.45, 7) is 13.0. The Labute approximate surface area is 234 Å². The molecule has 0 bridgehead atoms. The number of hydrogen-bond donors (Lipinski definition) is 0. The lowest BCUT2D eigenvalue weighted by atomic mass is 9.93. The van der Waals surface area contributed by atoms with Crippen molar-refractivity contribution in [2.75, 3.05) is 0 Å². The van der Waals surface area contributed by atoms with Crippen LogP contribution in [0.5, 0.6) is 0 Å². The zero-order valence-electron chi connectivity index (χ0n) is 22.3. The molecule has 0 radical (unpaired) electrons. The van der Waals surface area contributed by atoms with Gasteiger partial charge in [-0.2, -0.15) is 0 Å². The maximum absolute atomic E-state index is 5.13. The van der Waals surface area contributed by atoms with Gasteiger partial charge in [0.25, 0.3) is 0 Å². The highest BCUT2D eigenvalue weighted by molar-refractivity contribution is 7.19. The van der Waals surface area contributed by atoms with Gasteiger partial charge in [0, 0.05) is 49.3 Å². The van der Waals surface area contributed by atoms with E-state index >= 15 is 0 Å². The number of nitrogens with zero attached hydrogens (tertiary/aromatic N) is 4. The van der Waals surface area contributed by atoms with Crippen molar-refractivity contribution in [2.24, 2.45) is 7.05 Å². The second-order valence-electron chi connectivity index (χ2n) is 9.83.